The summed E-state index contributed by atoms with van der Waals surface area (Å²) in [7, 11) is 1.35. The summed E-state index contributed by atoms with van der Waals surface area (Å²) in [6.07, 6.45) is 1.67. The molecule has 0 aliphatic carbocycles. The van der Waals surface area contributed by atoms with E-state index in [1.807, 2.05) is 35.2 Å². The van der Waals surface area contributed by atoms with Crippen LogP contribution in [-0.2, 0) is 17.8 Å². The number of rotatable bonds is 6. The van der Waals surface area contributed by atoms with Gasteiger partial charge in [-0.3, -0.25) is 9.69 Å². The van der Waals surface area contributed by atoms with E-state index >= 15 is 0 Å². The van der Waals surface area contributed by atoms with Crippen molar-refractivity contribution in [2.45, 2.75) is 13.1 Å². The molecule has 0 saturated carbocycles. The van der Waals surface area contributed by atoms with Crippen LogP contribution in [0, 0.1) is 0 Å². The highest BCUT2D eigenvalue weighted by molar-refractivity contribution is 5.92. The van der Waals surface area contributed by atoms with Crippen LogP contribution < -0.4 is 0 Å². The van der Waals surface area contributed by atoms with Crippen molar-refractivity contribution in [2.24, 2.45) is 0 Å². The van der Waals surface area contributed by atoms with Crippen LogP contribution >= 0.6 is 0 Å². The second kappa shape index (κ2) is 9.53. The first-order valence-corrected chi connectivity index (χ1v) is 10.3. The molecule has 0 radical (unpaired) electrons. The number of piperazine rings is 1. The van der Waals surface area contributed by atoms with Crippen molar-refractivity contribution >= 4 is 11.9 Å². The second-order valence-electron chi connectivity index (χ2n) is 7.54. The first-order chi connectivity index (χ1) is 15.1. The molecule has 0 bridgehead atoms. The van der Waals surface area contributed by atoms with E-state index in [1.54, 1.807) is 23.0 Å². The first-order valence-electron chi connectivity index (χ1n) is 10.3. The van der Waals surface area contributed by atoms with E-state index < -0.39 is 0 Å². The van der Waals surface area contributed by atoms with Crippen molar-refractivity contribution in [2.75, 3.05) is 33.3 Å². The molecular formula is C23H25N5O3. The molecule has 160 valence electrons. The number of carbonyl (C=O) groups excluding carboxylic acids is 2. The predicted molar refractivity (Wildman–Crippen MR) is 115 cm³/mol. The Morgan fingerprint density at radius 3 is 2.26 bits per heavy atom. The molecule has 31 heavy (non-hydrogen) atoms. The Morgan fingerprint density at radius 1 is 0.903 bits per heavy atom. The van der Waals surface area contributed by atoms with E-state index in [0.29, 0.717) is 30.9 Å². The van der Waals surface area contributed by atoms with E-state index in [1.165, 1.54) is 12.7 Å². The maximum Gasteiger partial charge on any atom is 0.337 e. The fraction of sp³-hybridized carbons (Fsp3) is 0.304. The van der Waals surface area contributed by atoms with Gasteiger partial charge < -0.3 is 9.64 Å². The van der Waals surface area contributed by atoms with Crippen LogP contribution in [0.2, 0.25) is 0 Å². The van der Waals surface area contributed by atoms with E-state index in [4.69, 9.17) is 4.74 Å². The molecule has 1 aromatic heterocycles. The number of hydrogen-bond donors (Lipinski definition) is 0. The summed E-state index contributed by atoms with van der Waals surface area (Å²) in [5.41, 5.74) is 3.07. The van der Waals surface area contributed by atoms with Gasteiger partial charge in [0.1, 0.15) is 0 Å². The van der Waals surface area contributed by atoms with Gasteiger partial charge in [0.05, 0.1) is 25.4 Å². The molecule has 2 heterocycles. The molecule has 1 aliphatic rings. The second-order valence-corrected chi connectivity index (χ2v) is 7.54. The SMILES string of the molecule is COC(=O)c1ccc(Cn2cc(C(=O)N3CCN(Cc4ccccc4)CC3)nn2)cc1. The Labute approximate surface area is 181 Å². The van der Waals surface area contributed by atoms with Gasteiger partial charge in [-0.25, -0.2) is 9.48 Å². The average molecular weight is 419 g/mol. The van der Waals surface area contributed by atoms with Crippen LogP contribution in [0.4, 0.5) is 0 Å². The molecule has 4 rings (SSSR count). The molecule has 0 unspecified atom stereocenters. The van der Waals surface area contributed by atoms with Gasteiger partial charge in [-0.2, -0.15) is 0 Å². The Hall–Kier alpha value is -3.52. The smallest absolute Gasteiger partial charge is 0.337 e. The fourth-order valence-corrected chi connectivity index (χ4v) is 3.64. The van der Waals surface area contributed by atoms with E-state index in [-0.39, 0.29) is 11.9 Å². The van der Waals surface area contributed by atoms with Gasteiger partial charge in [-0.05, 0) is 23.3 Å². The van der Waals surface area contributed by atoms with Crippen LogP contribution in [0.1, 0.15) is 32.0 Å². The van der Waals surface area contributed by atoms with Crippen molar-refractivity contribution in [1.82, 2.24) is 24.8 Å². The molecule has 0 spiro atoms. The lowest BCUT2D eigenvalue weighted by molar-refractivity contribution is 0.0598. The number of benzene rings is 2. The van der Waals surface area contributed by atoms with Crippen molar-refractivity contribution in [3.63, 3.8) is 0 Å². The van der Waals surface area contributed by atoms with Gasteiger partial charge in [0.2, 0.25) is 0 Å². The molecule has 1 saturated heterocycles. The number of nitrogens with zero attached hydrogens (tertiary/aromatic N) is 5. The summed E-state index contributed by atoms with van der Waals surface area (Å²) in [4.78, 5) is 28.5. The summed E-state index contributed by atoms with van der Waals surface area (Å²) in [6, 6.07) is 17.4. The summed E-state index contributed by atoms with van der Waals surface area (Å²) >= 11 is 0. The quantitative estimate of drug-likeness (QED) is 0.569. The van der Waals surface area contributed by atoms with Crippen molar-refractivity contribution in [3.8, 4) is 0 Å². The number of ether oxygens (including phenoxy) is 1. The maximum atomic E-state index is 12.8. The highest BCUT2D eigenvalue weighted by Crippen LogP contribution is 2.12. The largest absolute Gasteiger partial charge is 0.465 e. The first kappa shape index (κ1) is 20.7. The lowest BCUT2D eigenvalue weighted by atomic mass is 10.1. The third kappa shape index (κ3) is 5.16. The van der Waals surface area contributed by atoms with Crippen LogP contribution in [0.3, 0.4) is 0 Å². The highest BCUT2D eigenvalue weighted by Gasteiger charge is 2.24. The summed E-state index contributed by atoms with van der Waals surface area (Å²) in [5, 5.41) is 8.16. The Balaban J connectivity index is 1.31. The minimum Gasteiger partial charge on any atom is -0.465 e. The van der Waals surface area contributed by atoms with Gasteiger partial charge in [0.25, 0.3) is 5.91 Å². The van der Waals surface area contributed by atoms with Crippen molar-refractivity contribution < 1.29 is 14.3 Å². The topological polar surface area (TPSA) is 80.6 Å². The van der Waals surface area contributed by atoms with Crippen LogP contribution in [0.5, 0.6) is 0 Å². The summed E-state index contributed by atoms with van der Waals surface area (Å²) in [6.45, 7) is 4.38. The summed E-state index contributed by atoms with van der Waals surface area (Å²) < 4.78 is 6.34. The molecule has 0 atom stereocenters. The van der Waals surface area contributed by atoms with Crippen LogP contribution in [0.15, 0.2) is 60.8 Å². The number of carbonyl (C=O) groups is 2. The minimum atomic E-state index is -0.371. The maximum absolute atomic E-state index is 12.8. The molecule has 8 heteroatoms. The van der Waals surface area contributed by atoms with Crippen LogP contribution in [-0.4, -0.2) is 70.0 Å². The molecule has 0 N–H and O–H groups in total. The number of esters is 1. The van der Waals surface area contributed by atoms with Gasteiger partial charge >= 0.3 is 5.97 Å². The van der Waals surface area contributed by atoms with Gasteiger partial charge in [-0.1, -0.05) is 47.7 Å². The molecule has 1 fully saturated rings. The predicted octanol–water partition coefficient (Wildman–Crippen LogP) is 2.07. The van der Waals surface area contributed by atoms with Gasteiger partial charge in [0.15, 0.2) is 5.69 Å². The molecule has 1 amide bonds. The Kier molecular flexibility index (Phi) is 6.37. The zero-order valence-electron chi connectivity index (χ0n) is 17.5. The number of aromatic nitrogens is 3. The monoisotopic (exact) mass is 419 g/mol. The van der Waals surface area contributed by atoms with Gasteiger partial charge in [-0.15, -0.1) is 5.10 Å². The lowest BCUT2D eigenvalue weighted by Gasteiger charge is -2.34. The lowest BCUT2D eigenvalue weighted by Crippen LogP contribution is -2.48. The normalized spacial score (nSPS) is 14.4. The third-order valence-corrected chi connectivity index (χ3v) is 5.39. The Bertz CT molecular complexity index is 1020. The highest BCUT2D eigenvalue weighted by atomic mass is 16.5. The van der Waals surface area contributed by atoms with Crippen LogP contribution in [0.25, 0.3) is 0 Å². The molecule has 2 aromatic carbocycles. The van der Waals surface area contributed by atoms with E-state index in [9.17, 15) is 9.59 Å². The van der Waals surface area contributed by atoms with Gasteiger partial charge in [0, 0.05) is 32.7 Å². The molecule has 1 aliphatic heterocycles. The standard InChI is InChI=1S/C23H25N5O3/c1-31-23(30)20-9-7-19(8-10-20)16-28-17-21(24-25-28)22(29)27-13-11-26(12-14-27)15-18-5-3-2-4-6-18/h2-10,17H,11-16H2,1H3. The van der Waals surface area contributed by atoms with E-state index in [0.717, 1.165) is 25.2 Å². The fourth-order valence-electron chi connectivity index (χ4n) is 3.64. The Morgan fingerprint density at radius 2 is 1.58 bits per heavy atom. The zero-order valence-corrected chi connectivity index (χ0v) is 17.5. The molecule has 8 nitrogen and oxygen atoms in total. The minimum absolute atomic E-state index is 0.0911. The summed E-state index contributed by atoms with van der Waals surface area (Å²) in [5.74, 6) is -0.462. The van der Waals surface area contributed by atoms with E-state index in [2.05, 4.69) is 27.3 Å². The van der Waals surface area contributed by atoms with Crippen molar-refractivity contribution in [3.05, 3.63) is 83.2 Å². The zero-order chi connectivity index (χ0) is 21.6. The number of methoxy groups -OCH3 is 1. The third-order valence-electron chi connectivity index (χ3n) is 5.39. The van der Waals surface area contributed by atoms with Crippen molar-refractivity contribution in [1.29, 1.82) is 0 Å². The number of hydrogen-bond acceptors (Lipinski definition) is 6. The average Bonchev–Trinajstić information content (AvgIpc) is 3.28. The molecular weight excluding hydrogens is 394 g/mol. The molecule has 3 aromatic rings. The number of amides is 1.